The summed E-state index contributed by atoms with van der Waals surface area (Å²) in [6, 6.07) is -0.504. The van der Waals surface area contributed by atoms with Crippen LogP contribution in [0.4, 0.5) is 0 Å². The van der Waals surface area contributed by atoms with Crippen molar-refractivity contribution in [3.8, 4) is 0 Å². The van der Waals surface area contributed by atoms with Crippen LogP contribution in [-0.2, 0) is 9.53 Å². The second-order valence-electron chi connectivity index (χ2n) is 5.09. The van der Waals surface area contributed by atoms with Crippen LogP contribution in [0.25, 0.3) is 0 Å². The molecule has 0 radical (unpaired) electrons. The minimum atomic E-state index is -0.504. The maximum absolute atomic E-state index is 12.0. The minimum Gasteiger partial charge on any atom is -0.383 e. The summed E-state index contributed by atoms with van der Waals surface area (Å²) in [5, 5.41) is 0. The van der Waals surface area contributed by atoms with Gasteiger partial charge < -0.3 is 15.4 Å². The molecule has 1 saturated heterocycles. The molecule has 2 N–H and O–H groups in total. The average Bonchev–Trinajstić information content (AvgIpc) is 2.38. The number of hydrogen-bond donors (Lipinski definition) is 1. The highest BCUT2D eigenvalue weighted by Crippen LogP contribution is 2.37. The standard InChI is InChI=1S/C13H26N2O2/c1-4-13(5-2)6-8-15(9-7-13)12(16)11(14)10-17-3/h11H,4-10,14H2,1-3H3. The molecule has 1 rings (SSSR count). The van der Waals surface area contributed by atoms with Gasteiger partial charge in [0.25, 0.3) is 0 Å². The van der Waals surface area contributed by atoms with Crippen LogP contribution < -0.4 is 5.73 Å². The third-order valence-electron chi connectivity index (χ3n) is 4.30. The summed E-state index contributed by atoms with van der Waals surface area (Å²) < 4.78 is 4.93. The summed E-state index contributed by atoms with van der Waals surface area (Å²) in [6.45, 7) is 6.49. The van der Waals surface area contributed by atoms with Gasteiger partial charge in [-0.1, -0.05) is 26.7 Å². The summed E-state index contributed by atoms with van der Waals surface area (Å²) >= 11 is 0. The van der Waals surface area contributed by atoms with E-state index in [2.05, 4.69) is 13.8 Å². The first kappa shape index (κ1) is 14.5. The molecule has 4 heteroatoms. The highest BCUT2D eigenvalue weighted by Gasteiger charge is 2.33. The lowest BCUT2D eigenvalue weighted by Crippen LogP contribution is -2.50. The predicted molar refractivity (Wildman–Crippen MR) is 68.7 cm³/mol. The molecule has 0 aromatic rings. The van der Waals surface area contributed by atoms with Crippen molar-refractivity contribution in [2.75, 3.05) is 26.8 Å². The number of rotatable bonds is 5. The van der Waals surface area contributed by atoms with E-state index in [1.807, 2.05) is 4.90 Å². The number of hydrogen-bond acceptors (Lipinski definition) is 3. The molecule has 1 amide bonds. The zero-order valence-corrected chi connectivity index (χ0v) is 11.4. The van der Waals surface area contributed by atoms with Crippen molar-refractivity contribution in [3.05, 3.63) is 0 Å². The van der Waals surface area contributed by atoms with Crippen LogP contribution in [-0.4, -0.2) is 43.7 Å². The molecule has 0 aromatic carbocycles. The van der Waals surface area contributed by atoms with E-state index in [-0.39, 0.29) is 5.91 Å². The van der Waals surface area contributed by atoms with Crippen LogP contribution in [0.2, 0.25) is 0 Å². The van der Waals surface area contributed by atoms with Gasteiger partial charge in [0, 0.05) is 20.2 Å². The van der Waals surface area contributed by atoms with Gasteiger partial charge in [0.05, 0.1) is 6.61 Å². The number of amides is 1. The molecule has 0 spiro atoms. The highest BCUT2D eigenvalue weighted by atomic mass is 16.5. The van der Waals surface area contributed by atoms with Crippen LogP contribution in [0.3, 0.4) is 0 Å². The molecular formula is C13H26N2O2. The topological polar surface area (TPSA) is 55.6 Å². The number of ether oxygens (including phenoxy) is 1. The van der Waals surface area contributed by atoms with Gasteiger partial charge in [-0.05, 0) is 18.3 Å². The Morgan fingerprint density at radius 1 is 1.35 bits per heavy atom. The fourth-order valence-corrected chi connectivity index (χ4v) is 2.64. The average molecular weight is 242 g/mol. The number of carbonyl (C=O) groups is 1. The van der Waals surface area contributed by atoms with Gasteiger partial charge in [-0.3, -0.25) is 4.79 Å². The Morgan fingerprint density at radius 3 is 2.29 bits per heavy atom. The molecule has 1 aliphatic heterocycles. The van der Waals surface area contributed by atoms with Gasteiger partial charge in [0.2, 0.25) is 5.91 Å². The van der Waals surface area contributed by atoms with Crippen molar-refractivity contribution in [2.24, 2.45) is 11.1 Å². The molecule has 0 saturated carbocycles. The van der Waals surface area contributed by atoms with Crippen LogP contribution >= 0.6 is 0 Å². The largest absolute Gasteiger partial charge is 0.383 e. The summed E-state index contributed by atoms with van der Waals surface area (Å²) in [5.74, 6) is 0.0349. The maximum atomic E-state index is 12.0. The van der Waals surface area contributed by atoms with Crippen molar-refractivity contribution >= 4 is 5.91 Å². The maximum Gasteiger partial charge on any atom is 0.241 e. The second kappa shape index (κ2) is 6.36. The normalized spacial score (nSPS) is 21.3. The number of nitrogens with two attached hydrogens (primary N) is 1. The van der Waals surface area contributed by atoms with E-state index in [4.69, 9.17) is 10.5 Å². The number of nitrogens with zero attached hydrogens (tertiary/aromatic N) is 1. The number of likely N-dealkylation sites (tertiary alicyclic amines) is 1. The molecule has 1 atom stereocenters. The Morgan fingerprint density at radius 2 is 1.88 bits per heavy atom. The van der Waals surface area contributed by atoms with Crippen molar-refractivity contribution in [1.29, 1.82) is 0 Å². The van der Waals surface area contributed by atoms with Gasteiger partial charge in [0.15, 0.2) is 0 Å². The minimum absolute atomic E-state index is 0.0349. The molecular weight excluding hydrogens is 216 g/mol. The van der Waals surface area contributed by atoms with E-state index in [9.17, 15) is 4.79 Å². The number of methoxy groups -OCH3 is 1. The third-order valence-corrected chi connectivity index (χ3v) is 4.30. The molecule has 0 bridgehead atoms. The molecule has 100 valence electrons. The first-order chi connectivity index (χ1) is 8.08. The Bertz CT molecular complexity index is 242. The molecule has 0 aliphatic carbocycles. The molecule has 1 heterocycles. The van der Waals surface area contributed by atoms with Crippen LogP contribution in [0.1, 0.15) is 39.5 Å². The summed E-state index contributed by atoms with van der Waals surface area (Å²) in [4.78, 5) is 13.9. The van der Waals surface area contributed by atoms with Crippen LogP contribution in [0.15, 0.2) is 0 Å². The molecule has 1 fully saturated rings. The highest BCUT2D eigenvalue weighted by molar-refractivity contribution is 5.81. The van der Waals surface area contributed by atoms with Gasteiger partial charge in [0.1, 0.15) is 6.04 Å². The van der Waals surface area contributed by atoms with Crippen LogP contribution in [0, 0.1) is 5.41 Å². The lowest BCUT2D eigenvalue weighted by Gasteiger charge is -2.41. The van der Waals surface area contributed by atoms with E-state index in [0.717, 1.165) is 25.9 Å². The van der Waals surface area contributed by atoms with E-state index in [1.165, 1.54) is 12.8 Å². The zero-order valence-electron chi connectivity index (χ0n) is 11.4. The van der Waals surface area contributed by atoms with Crippen molar-refractivity contribution < 1.29 is 9.53 Å². The summed E-state index contributed by atoms with van der Waals surface area (Å²) in [7, 11) is 1.57. The molecule has 4 nitrogen and oxygen atoms in total. The van der Waals surface area contributed by atoms with Gasteiger partial charge in [-0.25, -0.2) is 0 Å². The fraction of sp³-hybridized carbons (Fsp3) is 0.923. The van der Waals surface area contributed by atoms with E-state index in [0.29, 0.717) is 12.0 Å². The monoisotopic (exact) mass is 242 g/mol. The zero-order chi connectivity index (χ0) is 12.9. The Balaban J connectivity index is 2.48. The Kier molecular flexibility index (Phi) is 5.40. The lowest BCUT2D eigenvalue weighted by atomic mass is 9.74. The second-order valence-corrected chi connectivity index (χ2v) is 5.09. The van der Waals surface area contributed by atoms with Gasteiger partial charge >= 0.3 is 0 Å². The van der Waals surface area contributed by atoms with E-state index < -0.39 is 6.04 Å². The first-order valence-corrected chi connectivity index (χ1v) is 6.62. The van der Waals surface area contributed by atoms with E-state index in [1.54, 1.807) is 7.11 Å². The van der Waals surface area contributed by atoms with Gasteiger partial charge in [-0.15, -0.1) is 0 Å². The van der Waals surface area contributed by atoms with Crippen LogP contribution in [0.5, 0.6) is 0 Å². The molecule has 1 unspecified atom stereocenters. The first-order valence-electron chi connectivity index (χ1n) is 6.62. The smallest absolute Gasteiger partial charge is 0.241 e. The predicted octanol–water partition coefficient (Wildman–Crippen LogP) is 1.39. The molecule has 17 heavy (non-hydrogen) atoms. The Labute approximate surface area is 104 Å². The number of carbonyl (C=O) groups excluding carboxylic acids is 1. The lowest BCUT2D eigenvalue weighted by molar-refractivity contribution is -0.136. The number of piperidine rings is 1. The fourth-order valence-electron chi connectivity index (χ4n) is 2.64. The van der Waals surface area contributed by atoms with Crippen molar-refractivity contribution in [1.82, 2.24) is 4.90 Å². The summed E-state index contributed by atoms with van der Waals surface area (Å²) in [5.41, 5.74) is 6.22. The molecule has 0 aromatic heterocycles. The Hall–Kier alpha value is -0.610. The summed E-state index contributed by atoms with van der Waals surface area (Å²) in [6.07, 6.45) is 4.61. The molecule has 1 aliphatic rings. The third kappa shape index (κ3) is 3.42. The van der Waals surface area contributed by atoms with Crippen molar-refractivity contribution in [3.63, 3.8) is 0 Å². The van der Waals surface area contributed by atoms with Gasteiger partial charge in [-0.2, -0.15) is 0 Å². The quantitative estimate of drug-likeness (QED) is 0.792. The SMILES string of the molecule is CCC1(CC)CCN(C(=O)C(N)COC)CC1. The van der Waals surface area contributed by atoms with Crippen molar-refractivity contribution in [2.45, 2.75) is 45.6 Å². The van der Waals surface area contributed by atoms with E-state index >= 15 is 0 Å².